The zero-order valence-corrected chi connectivity index (χ0v) is 20.9. The van der Waals surface area contributed by atoms with Crippen LogP contribution in [0.1, 0.15) is 74.8 Å². The maximum atomic E-state index is 13.7. The highest BCUT2D eigenvalue weighted by Crippen LogP contribution is 2.47. The molecule has 2 aliphatic carbocycles. The first-order chi connectivity index (χ1) is 17.5. The first kappa shape index (κ1) is 24.2. The SMILES string of the molecule is COc1cc([C@@H]2C(C(=O)OC3CCCCC3)=C(C)NC3=C2C(=O)C[C@H](c2ccccc2)C3)ccc1O. The van der Waals surface area contributed by atoms with Gasteiger partial charge in [-0.1, -0.05) is 42.8 Å². The number of dihydropyridines is 1. The van der Waals surface area contributed by atoms with Crippen molar-refractivity contribution in [2.24, 2.45) is 0 Å². The van der Waals surface area contributed by atoms with E-state index in [0.29, 0.717) is 35.4 Å². The third-order valence-electron chi connectivity index (χ3n) is 7.68. The Labute approximate surface area is 212 Å². The van der Waals surface area contributed by atoms with Crippen LogP contribution in [0.5, 0.6) is 11.5 Å². The summed E-state index contributed by atoms with van der Waals surface area (Å²) in [5.41, 5.74) is 4.47. The summed E-state index contributed by atoms with van der Waals surface area (Å²) < 4.78 is 11.3. The van der Waals surface area contributed by atoms with Gasteiger partial charge in [0.2, 0.25) is 0 Å². The number of benzene rings is 2. The van der Waals surface area contributed by atoms with Crippen LogP contribution in [-0.4, -0.2) is 30.1 Å². The molecule has 2 N–H and O–H groups in total. The van der Waals surface area contributed by atoms with E-state index in [1.54, 1.807) is 18.2 Å². The van der Waals surface area contributed by atoms with Gasteiger partial charge < -0.3 is 19.9 Å². The molecule has 1 heterocycles. The topological polar surface area (TPSA) is 84.9 Å². The normalized spacial score (nSPS) is 22.7. The maximum absolute atomic E-state index is 13.7. The summed E-state index contributed by atoms with van der Waals surface area (Å²) in [4.78, 5) is 27.3. The van der Waals surface area contributed by atoms with Crippen LogP contribution in [0.15, 0.2) is 71.1 Å². The monoisotopic (exact) mass is 487 g/mol. The number of rotatable bonds is 5. The number of phenolic OH excluding ortho intramolecular Hbond substituents is 1. The van der Waals surface area contributed by atoms with E-state index < -0.39 is 5.92 Å². The van der Waals surface area contributed by atoms with Gasteiger partial charge in [0.1, 0.15) is 6.10 Å². The van der Waals surface area contributed by atoms with E-state index in [0.717, 1.165) is 42.5 Å². The van der Waals surface area contributed by atoms with E-state index in [4.69, 9.17) is 9.47 Å². The number of phenols is 1. The fraction of sp³-hybridized carbons (Fsp3) is 0.400. The van der Waals surface area contributed by atoms with Crippen molar-refractivity contribution >= 4 is 11.8 Å². The van der Waals surface area contributed by atoms with Gasteiger partial charge in [-0.3, -0.25) is 4.79 Å². The van der Waals surface area contributed by atoms with Crippen molar-refractivity contribution in [2.75, 3.05) is 7.11 Å². The molecular formula is C30H33NO5. The number of aromatic hydroxyl groups is 1. The van der Waals surface area contributed by atoms with E-state index in [9.17, 15) is 14.7 Å². The molecule has 3 aliphatic rings. The van der Waals surface area contributed by atoms with Crippen LogP contribution in [0.2, 0.25) is 0 Å². The van der Waals surface area contributed by atoms with Crippen LogP contribution in [0, 0.1) is 0 Å². The van der Waals surface area contributed by atoms with Crippen molar-refractivity contribution in [3.05, 3.63) is 82.2 Å². The minimum atomic E-state index is -0.587. The molecule has 1 aliphatic heterocycles. The number of ether oxygens (including phenoxy) is 2. The van der Waals surface area contributed by atoms with Gasteiger partial charge in [-0.05, 0) is 68.2 Å². The Balaban J connectivity index is 1.56. The van der Waals surface area contributed by atoms with E-state index >= 15 is 0 Å². The fourth-order valence-electron chi connectivity index (χ4n) is 5.88. The Morgan fingerprint density at radius 1 is 1.00 bits per heavy atom. The van der Waals surface area contributed by atoms with E-state index in [1.165, 1.54) is 13.5 Å². The molecule has 1 fully saturated rings. The lowest BCUT2D eigenvalue weighted by Gasteiger charge is -2.37. The molecule has 0 bridgehead atoms. The van der Waals surface area contributed by atoms with Crippen molar-refractivity contribution in [3.63, 3.8) is 0 Å². The van der Waals surface area contributed by atoms with Crippen LogP contribution in [0.4, 0.5) is 0 Å². The van der Waals surface area contributed by atoms with Gasteiger partial charge in [0.15, 0.2) is 17.3 Å². The molecule has 2 aromatic carbocycles. The molecular weight excluding hydrogens is 454 g/mol. The molecule has 0 radical (unpaired) electrons. The zero-order valence-electron chi connectivity index (χ0n) is 20.9. The summed E-state index contributed by atoms with van der Waals surface area (Å²) in [7, 11) is 1.49. The molecule has 5 rings (SSSR count). The van der Waals surface area contributed by atoms with Gasteiger partial charge in [-0.25, -0.2) is 4.79 Å². The number of carbonyl (C=O) groups excluding carboxylic acids is 2. The molecule has 6 nitrogen and oxygen atoms in total. The molecule has 6 heteroatoms. The lowest BCUT2D eigenvalue weighted by atomic mass is 9.71. The largest absolute Gasteiger partial charge is 0.504 e. The van der Waals surface area contributed by atoms with Crippen molar-refractivity contribution in [3.8, 4) is 11.5 Å². The number of nitrogens with one attached hydrogen (secondary N) is 1. The van der Waals surface area contributed by atoms with E-state index in [1.807, 2.05) is 25.1 Å². The number of esters is 1. The summed E-state index contributed by atoms with van der Waals surface area (Å²) in [6.07, 6.45) is 5.98. The van der Waals surface area contributed by atoms with Gasteiger partial charge in [0.05, 0.1) is 12.7 Å². The molecule has 0 saturated heterocycles. The molecule has 36 heavy (non-hydrogen) atoms. The predicted molar refractivity (Wildman–Crippen MR) is 137 cm³/mol. The molecule has 0 spiro atoms. The molecule has 2 atom stereocenters. The maximum Gasteiger partial charge on any atom is 0.337 e. The second-order valence-corrected chi connectivity index (χ2v) is 10.0. The minimum absolute atomic E-state index is 0.00975. The predicted octanol–water partition coefficient (Wildman–Crippen LogP) is 5.64. The van der Waals surface area contributed by atoms with Gasteiger partial charge >= 0.3 is 5.97 Å². The average molecular weight is 488 g/mol. The van der Waals surface area contributed by atoms with Crippen LogP contribution >= 0.6 is 0 Å². The number of carbonyl (C=O) groups is 2. The first-order valence-electron chi connectivity index (χ1n) is 12.8. The second-order valence-electron chi connectivity index (χ2n) is 10.0. The number of allylic oxidation sites excluding steroid dienone is 3. The highest BCUT2D eigenvalue weighted by atomic mass is 16.5. The summed E-state index contributed by atoms with van der Waals surface area (Å²) in [5, 5.41) is 13.6. The quantitative estimate of drug-likeness (QED) is 0.531. The number of Topliss-reactive ketones (excluding diaryl/α,β-unsaturated/α-hetero) is 1. The van der Waals surface area contributed by atoms with E-state index in [2.05, 4.69) is 17.4 Å². The second kappa shape index (κ2) is 10.2. The van der Waals surface area contributed by atoms with Crippen LogP contribution in [0.3, 0.4) is 0 Å². The van der Waals surface area contributed by atoms with Gasteiger partial charge in [0.25, 0.3) is 0 Å². The Kier molecular flexibility index (Phi) is 6.86. The zero-order chi connectivity index (χ0) is 25.2. The number of hydrogen-bond donors (Lipinski definition) is 2. The summed E-state index contributed by atoms with van der Waals surface area (Å²) in [5.74, 6) is -0.565. The highest BCUT2D eigenvalue weighted by Gasteiger charge is 2.42. The van der Waals surface area contributed by atoms with E-state index in [-0.39, 0.29) is 29.5 Å². The minimum Gasteiger partial charge on any atom is -0.504 e. The van der Waals surface area contributed by atoms with Crippen molar-refractivity contribution in [1.82, 2.24) is 5.32 Å². The number of methoxy groups -OCH3 is 1. The highest BCUT2D eigenvalue weighted by molar-refractivity contribution is 6.04. The Morgan fingerprint density at radius 2 is 1.75 bits per heavy atom. The van der Waals surface area contributed by atoms with Gasteiger partial charge in [-0.15, -0.1) is 0 Å². The summed E-state index contributed by atoms with van der Waals surface area (Å²) in [6, 6.07) is 15.1. The Morgan fingerprint density at radius 3 is 2.47 bits per heavy atom. The van der Waals surface area contributed by atoms with Gasteiger partial charge in [0, 0.05) is 29.3 Å². The molecule has 188 valence electrons. The molecule has 1 saturated carbocycles. The molecule has 2 aromatic rings. The first-order valence-corrected chi connectivity index (χ1v) is 12.8. The van der Waals surface area contributed by atoms with Gasteiger partial charge in [-0.2, -0.15) is 0 Å². The smallest absolute Gasteiger partial charge is 0.337 e. The molecule has 0 unspecified atom stereocenters. The van der Waals surface area contributed by atoms with Crippen molar-refractivity contribution in [1.29, 1.82) is 0 Å². The van der Waals surface area contributed by atoms with Crippen molar-refractivity contribution < 1.29 is 24.2 Å². The third kappa shape index (κ3) is 4.64. The fourth-order valence-corrected chi connectivity index (χ4v) is 5.88. The molecule has 0 amide bonds. The summed E-state index contributed by atoms with van der Waals surface area (Å²) >= 11 is 0. The number of ketones is 1. The Bertz CT molecular complexity index is 1220. The average Bonchev–Trinajstić information content (AvgIpc) is 2.89. The lowest BCUT2D eigenvalue weighted by molar-refractivity contribution is -0.146. The lowest BCUT2D eigenvalue weighted by Crippen LogP contribution is -2.37. The van der Waals surface area contributed by atoms with Crippen LogP contribution < -0.4 is 10.1 Å². The van der Waals surface area contributed by atoms with Crippen molar-refractivity contribution in [2.45, 2.75) is 69.8 Å². The Hall–Kier alpha value is -3.54. The van der Waals surface area contributed by atoms with Crippen LogP contribution in [-0.2, 0) is 14.3 Å². The van der Waals surface area contributed by atoms with Crippen LogP contribution in [0.25, 0.3) is 0 Å². The third-order valence-corrected chi connectivity index (χ3v) is 7.68. The molecule has 0 aromatic heterocycles. The number of hydrogen-bond acceptors (Lipinski definition) is 6. The standard InChI is InChI=1S/C30H33NO5/c1-18-27(30(34)36-22-11-7-4-8-12-22)28(20-13-14-24(32)26(17-20)35-2)29-23(31-18)15-21(16-25(29)33)19-9-5-3-6-10-19/h3,5-6,9-10,13-14,17,21-22,28,31-32H,4,7-8,11-12,15-16H2,1-2H3/t21-,28-/m1/s1. The summed E-state index contributed by atoms with van der Waals surface area (Å²) in [6.45, 7) is 1.88.